The molecule has 1 aromatic rings. The Morgan fingerprint density at radius 1 is 1.65 bits per heavy atom. The van der Waals surface area contributed by atoms with E-state index in [-0.39, 0.29) is 11.9 Å². The minimum Gasteiger partial charge on any atom is -0.309 e. The van der Waals surface area contributed by atoms with E-state index in [1.54, 1.807) is 6.07 Å². The number of carbonyl (C=O) groups excluding carboxylic acids is 1. The van der Waals surface area contributed by atoms with Gasteiger partial charge >= 0.3 is 0 Å². The van der Waals surface area contributed by atoms with E-state index in [1.807, 2.05) is 19.1 Å². The lowest BCUT2D eigenvalue weighted by Gasteiger charge is -2.10. The minimum absolute atomic E-state index is 0.0376. The molecule has 0 bridgehead atoms. The van der Waals surface area contributed by atoms with Gasteiger partial charge < -0.3 is 10.6 Å². The van der Waals surface area contributed by atoms with Crippen LogP contribution in [0.15, 0.2) is 30.4 Å². The third-order valence-corrected chi connectivity index (χ3v) is 2.83. The Morgan fingerprint density at radius 2 is 2.47 bits per heavy atom. The van der Waals surface area contributed by atoms with E-state index in [0.717, 1.165) is 24.2 Å². The van der Waals surface area contributed by atoms with Crippen molar-refractivity contribution < 1.29 is 4.79 Å². The molecule has 90 valence electrons. The molecule has 0 saturated carbocycles. The summed E-state index contributed by atoms with van der Waals surface area (Å²) in [5.41, 5.74) is 2.05. The molecule has 2 heterocycles. The van der Waals surface area contributed by atoms with Crippen molar-refractivity contribution >= 4 is 11.7 Å². The van der Waals surface area contributed by atoms with Crippen molar-refractivity contribution in [1.82, 2.24) is 10.3 Å². The van der Waals surface area contributed by atoms with Gasteiger partial charge in [-0.3, -0.25) is 4.79 Å². The fraction of sp³-hybridized carbons (Fsp3) is 0.385. The van der Waals surface area contributed by atoms with E-state index in [1.165, 1.54) is 0 Å². The molecule has 0 spiro atoms. The summed E-state index contributed by atoms with van der Waals surface area (Å²) in [6, 6.07) is 5.49. The standard InChI is InChI=1S/C13H17N3O/c1-3-10-5-4-6-12(15-10)16-13(17)11-7-9(2)8-14-11/h4-6,11,14H,2-3,7-8H2,1H3,(H,15,16,17). The molecule has 1 aromatic heterocycles. The lowest BCUT2D eigenvalue weighted by Crippen LogP contribution is -2.35. The molecule has 1 unspecified atom stereocenters. The maximum atomic E-state index is 11.9. The Bertz CT molecular complexity index is 442. The normalized spacial score (nSPS) is 19.4. The summed E-state index contributed by atoms with van der Waals surface area (Å²) >= 11 is 0. The first kappa shape index (κ1) is 11.8. The van der Waals surface area contributed by atoms with Gasteiger partial charge in [-0.1, -0.05) is 25.1 Å². The summed E-state index contributed by atoms with van der Waals surface area (Å²) in [4.78, 5) is 16.2. The van der Waals surface area contributed by atoms with Crippen molar-refractivity contribution in [3.8, 4) is 0 Å². The zero-order chi connectivity index (χ0) is 12.3. The molecule has 1 atom stereocenters. The number of anilines is 1. The number of carbonyl (C=O) groups is 1. The Morgan fingerprint density at radius 3 is 3.12 bits per heavy atom. The van der Waals surface area contributed by atoms with Crippen LogP contribution in [0.25, 0.3) is 0 Å². The summed E-state index contributed by atoms with van der Waals surface area (Å²) in [5, 5.41) is 5.94. The zero-order valence-electron chi connectivity index (χ0n) is 9.99. The van der Waals surface area contributed by atoms with Crippen molar-refractivity contribution in [2.24, 2.45) is 0 Å². The van der Waals surface area contributed by atoms with Gasteiger partial charge in [0, 0.05) is 12.2 Å². The van der Waals surface area contributed by atoms with Crippen LogP contribution in [0.4, 0.5) is 5.82 Å². The number of hydrogen-bond acceptors (Lipinski definition) is 3. The summed E-state index contributed by atoms with van der Waals surface area (Å²) in [5.74, 6) is 0.582. The highest BCUT2D eigenvalue weighted by atomic mass is 16.2. The predicted molar refractivity (Wildman–Crippen MR) is 67.8 cm³/mol. The maximum absolute atomic E-state index is 11.9. The SMILES string of the molecule is C=C1CNC(C(=O)Nc2cccc(CC)n2)C1. The summed E-state index contributed by atoms with van der Waals surface area (Å²) < 4.78 is 0. The van der Waals surface area contributed by atoms with Gasteiger partial charge in [0.1, 0.15) is 5.82 Å². The highest BCUT2D eigenvalue weighted by Gasteiger charge is 2.24. The average molecular weight is 231 g/mol. The topological polar surface area (TPSA) is 54.0 Å². The number of rotatable bonds is 3. The van der Waals surface area contributed by atoms with Gasteiger partial charge in [0.25, 0.3) is 0 Å². The average Bonchev–Trinajstić information content (AvgIpc) is 2.76. The quantitative estimate of drug-likeness (QED) is 0.775. The molecule has 4 heteroatoms. The molecular formula is C13H17N3O. The Labute approximate surface area is 101 Å². The lowest BCUT2D eigenvalue weighted by molar-refractivity contribution is -0.117. The van der Waals surface area contributed by atoms with Crippen LogP contribution in [0, 0.1) is 0 Å². The lowest BCUT2D eigenvalue weighted by atomic mass is 10.1. The molecule has 0 aliphatic carbocycles. The molecule has 1 amide bonds. The first-order valence-corrected chi connectivity index (χ1v) is 5.86. The largest absolute Gasteiger partial charge is 0.309 e. The fourth-order valence-corrected chi connectivity index (χ4v) is 1.85. The van der Waals surface area contributed by atoms with Crippen molar-refractivity contribution in [2.75, 3.05) is 11.9 Å². The molecule has 0 aromatic carbocycles. The van der Waals surface area contributed by atoms with Gasteiger partial charge in [0.05, 0.1) is 6.04 Å². The summed E-state index contributed by atoms with van der Waals surface area (Å²) in [6.07, 6.45) is 1.57. The summed E-state index contributed by atoms with van der Waals surface area (Å²) in [7, 11) is 0. The van der Waals surface area contributed by atoms with Gasteiger partial charge in [-0.25, -0.2) is 4.98 Å². The third kappa shape index (κ3) is 2.91. The number of hydrogen-bond donors (Lipinski definition) is 2. The number of amides is 1. The predicted octanol–water partition coefficient (Wildman–Crippen LogP) is 1.50. The van der Waals surface area contributed by atoms with Crippen LogP contribution in [0.2, 0.25) is 0 Å². The van der Waals surface area contributed by atoms with Crippen molar-refractivity contribution in [2.45, 2.75) is 25.8 Å². The van der Waals surface area contributed by atoms with Crippen LogP contribution in [-0.2, 0) is 11.2 Å². The Balaban J connectivity index is 2.00. The van der Waals surface area contributed by atoms with Crippen LogP contribution in [-0.4, -0.2) is 23.5 Å². The molecule has 1 aliphatic heterocycles. The van der Waals surface area contributed by atoms with Gasteiger partial charge in [-0.05, 0) is 25.0 Å². The van der Waals surface area contributed by atoms with E-state index in [0.29, 0.717) is 12.2 Å². The smallest absolute Gasteiger partial charge is 0.243 e. The van der Waals surface area contributed by atoms with E-state index in [4.69, 9.17) is 0 Å². The molecular weight excluding hydrogens is 214 g/mol. The van der Waals surface area contributed by atoms with Gasteiger partial charge in [0.15, 0.2) is 0 Å². The molecule has 0 radical (unpaired) electrons. The number of aromatic nitrogens is 1. The van der Waals surface area contributed by atoms with Crippen LogP contribution in [0.3, 0.4) is 0 Å². The van der Waals surface area contributed by atoms with Crippen molar-refractivity contribution in [3.63, 3.8) is 0 Å². The monoisotopic (exact) mass is 231 g/mol. The first-order chi connectivity index (χ1) is 8.19. The Hall–Kier alpha value is -1.68. The molecule has 4 nitrogen and oxygen atoms in total. The first-order valence-electron chi connectivity index (χ1n) is 5.86. The molecule has 2 N–H and O–H groups in total. The van der Waals surface area contributed by atoms with Crippen LogP contribution < -0.4 is 10.6 Å². The van der Waals surface area contributed by atoms with E-state index in [2.05, 4.69) is 22.2 Å². The Kier molecular flexibility index (Phi) is 3.54. The molecule has 1 fully saturated rings. The second kappa shape index (κ2) is 5.10. The van der Waals surface area contributed by atoms with Crippen LogP contribution >= 0.6 is 0 Å². The third-order valence-electron chi connectivity index (χ3n) is 2.83. The van der Waals surface area contributed by atoms with Gasteiger partial charge in [-0.15, -0.1) is 0 Å². The number of nitrogens with one attached hydrogen (secondary N) is 2. The summed E-state index contributed by atoms with van der Waals surface area (Å²) in [6.45, 7) is 6.62. The van der Waals surface area contributed by atoms with E-state index >= 15 is 0 Å². The molecule has 1 saturated heterocycles. The molecule has 2 rings (SSSR count). The van der Waals surface area contributed by atoms with Crippen LogP contribution in [0.5, 0.6) is 0 Å². The number of pyridine rings is 1. The van der Waals surface area contributed by atoms with Crippen molar-refractivity contribution in [1.29, 1.82) is 0 Å². The van der Waals surface area contributed by atoms with Gasteiger partial charge in [0.2, 0.25) is 5.91 Å². The highest BCUT2D eigenvalue weighted by Crippen LogP contribution is 2.13. The maximum Gasteiger partial charge on any atom is 0.243 e. The van der Waals surface area contributed by atoms with Crippen molar-refractivity contribution in [3.05, 3.63) is 36.0 Å². The highest BCUT2D eigenvalue weighted by molar-refractivity contribution is 5.94. The fourth-order valence-electron chi connectivity index (χ4n) is 1.85. The van der Waals surface area contributed by atoms with Crippen LogP contribution in [0.1, 0.15) is 19.0 Å². The van der Waals surface area contributed by atoms with E-state index < -0.39 is 0 Å². The number of nitrogens with zero attached hydrogens (tertiary/aromatic N) is 1. The molecule has 17 heavy (non-hydrogen) atoms. The second-order valence-electron chi connectivity index (χ2n) is 4.24. The molecule has 1 aliphatic rings. The zero-order valence-corrected chi connectivity index (χ0v) is 9.99. The van der Waals surface area contributed by atoms with E-state index in [9.17, 15) is 4.79 Å². The number of aryl methyl sites for hydroxylation is 1. The van der Waals surface area contributed by atoms with Gasteiger partial charge in [-0.2, -0.15) is 0 Å². The second-order valence-corrected chi connectivity index (χ2v) is 4.24. The minimum atomic E-state index is -0.172.